The van der Waals surface area contributed by atoms with E-state index in [1.54, 1.807) is 18.2 Å². The third kappa shape index (κ3) is 4.05. The second kappa shape index (κ2) is 7.47. The van der Waals surface area contributed by atoms with Crippen LogP contribution in [0.5, 0.6) is 0 Å². The smallest absolute Gasteiger partial charge is 0.414 e. The van der Waals surface area contributed by atoms with E-state index in [0.29, 0.717) is 12.5 Å². The van der Waals surface area contributed by atoms with Crippen molar-refractivity contribution >= 4 is 21.8 Å². The predicted molar refractivity (Wildman–Crippen MR) is 99.8 cm³/mol. The van der Waals surface area contributed by atoms with Crippen LogP contribution in [0.2, 0.25) is 0 Å². The second-order valence-corrected chi connectivity index (χ2v) is 8.29. The Bertz CT molecular complexity index is 864. The zero-order chi connectivity index (χ0) is 18.7. The van der Waals surface area contributed by atoms with Crippen molar-refractivity contribution in [3.05, 3.63) is 60.2 Å². The molecule has 0 aromatic heterocycles. The van der Waals surface area contributed by atoms with Crippen molar-refractivity contribution in [3.63, 3.8) is 0 Å². The second-order valence-electron chi connectivity index (χ2n) is 6.53. The molecular formula is C19H22N2O4S. The van der Waals surface area contributed by atoms with Crippen LogP contribution in [0.4, 0.5) is 10.5 Å². The maximum atomic E-state index is 12.3. The first kappa shape index (κ1) is 18.4. The Morgan fingerprint density at radius 3 is 2.38 bits per heavy atom. The molecule has 1 aliphatic heterocycles. The molecule has 0 aliphatic carbocycles. The van der Waals surface area contributed by atoms with Crippen LogP contribution in [0.3, 0.4) is 0 Å². The monoisotopic (exact) mass is 374 g/mol. The maximum Gasteiger partial charge on any atom is 0.414 e. The lowest BCUT2D eigenvalue weighted by atomic mass is 10.0. The fourth-order valence-electron chi connectivity index (χ4n) is 2.76. The van der Waals surface area contributed by atoms with Gasteiger partial charge in [-0.1, -0.05) is 44.2 Å². The van der Waals surface area contributed by atoms with Gasteiger partial charge < -0.3 is 4.74 Å². The summed E-state index contributed by atoms with van der Waals surface area (Å²) in [6.45, 7) is 4.54. The van der Waals surface area contributed by atoms with Gasteiger partial charge in [-0.2, -0.15) is 0 Å². The average Bonchev–Trinajstić information content (AvgIpc) is 3.02. The summed E-state index contributed by atoms with van der Waals surface area (Å²) in [7, 11) is -3.62. The molecule has 26 heavy (non-hydrogen) atoms. The van der Waals surface area contributed by atoms with Gasteiger partial charge in [0.15, 0.2) is 0 Å². The molecule has 0 saturated carbocycles. The van der Waals surface area contributed by atoms with Crippen LogP contribution in [0, 0.1) is 0 Å². The zero-order valence-electron chi connectivity index (χ0n) is 14.8. The number of hydrogen-bond acceptors (Lipinski definition) is 4. The molecule has 1 atom stereocenters. The number of carbonyl (C=O) groups is 1. The predicted octanol–water partition coefficient (Wildman–Crippen LogP) is 3.11. The summed E-state index contributed by atoms with van der Waals surface area (Å²) in [4.78, 5) is 13.8. The number of nitrogens with zero attached hydrogens (tertiary/aromatic N) is 1. The highest BCUT2D eigenvalue weighted by molar-refractivity contribution is 7.89. The number of nitrogens with one attached hydrogen (secondary N) is 1. The van der Waals surface area contributed by atoms with Crippen LogP contribution < -0.4 is 9.62 Å². The minimum atomic E-state index is -3.62. The highest BCUT2D eigenvalue weighted by Gasteiger charge is 2.33. The van der Waals surface area contributed by atoms with E-state index in [-0.39, 0.29) is 11.4 Å². The SMILES string of the molecule is CC(C)c1ccc(N2CC(CNS(=O)(=O)c3ccccc3)OC2=O)cc1. The summed E-state index contributed by atoms with van der Waals surface area (Å²) in [5.41, 5.74) is 1.93. The van der Waals surface area contributed by atoms with E-state index in [4.69, 9.17) is 4.74 Å². The first-order chi connectivity index (χ1) is 12.4. The largest absolute Gasteiger partial charge is 0.443 e. The lowest BCUT2D eigenvalue weighted by molar-refractivity contribution is 0.143. The lowest BCUT2D eigenvalue weighted by Gasteiger charge is -2.14. The number of hydrogen-bond donors (Lipinski definition) is 1. The van der Waals surface area contributed by atoms with Crippen LogP contribution >= 0.6 is 0 Å². The van der Waals surface area contributed by atoms with E-state index < -0.39 is 22.2 Å². The standard InChI is InChI=1S/C19H22N2O4S/c1-14(2)15-8-10-16(11-9-15)21-13-17(25-19(21)22)12-20-26(23,24)18-6-4-3-5-7-18/h3-11,14,17,20H,12-13H2,1-2H3. The van der Waals surface area contributed by atoms with Crippen LogP contribution in [0.15, 0.2) is 59.5 Å². The normalized spacial score (nSPS) is 17.6. The topological polar surface area (TPSA) is 75.7 Å². The molecule has 1 amide bonds. The Morgan fingerprint density at radius 2 is 1.77 bits per heavy atom. The summed E-state index contributed by atoms with van der Waals surface area (Å²) in [5, 5.41) is 0. The zero-order valence-corrected chi connectivity index (χ0v) is 15.6. The number of cyclic esters (lactones) is 1. The van der Waals surface area contributed by atoms with Crippen molar-refractivity contribution in [3.8, 4) is 0 Å². The van der Waals surface area contributed by atoms with Crippen molar-refractivity contribution < 1.29 is 17.9 Å². The van der Waals surface area contributed by atoms with Crippen LogP contribution in [0.1, 0.15) is 25.3 Å². The fraction of sp³-hybridized carbons (Fsp3) is 0.316. The summed E-state index contributed by atoms with van der Waals surface area (Å²) < 4.78 is 32.3. The first-order valence-electron chi connectivity index (χ1n) is 8.49. The fourth-order valence-corrected chi connectivity index (χ4v) is 3.85. The molecule has 0 radical (unpaired) electrons. The van der Waals surface area contributed by atoms with E-state index >= 15 is 0 Å². The summed E-state index contributed by atoms with van der Waals surface area (Å²) >= 11 is 0. The van der Waals surface area contributed by atoms with Gasteiger partial charge in [0.2, 0.25) is 10.0 Å². The minimum absolute atomic E-state index is 0.0313. The highest BCUT2D eigenvalue weighted by atomic mass is 32.2. The Labute approximate surface area is 153 Å². The van der Waals surface area contributed by atoms with E-state index in [0.717, 1.165) is 5.69 Å². The molecule has 1 saturated heterocycles. The molecule has 0 bridgehead atoms. The van der Waals surface area contributed by atoms with Gasteiger partial charge in [0.25, 0.3) is 0 Å². The molecule has 2 aromatic carbocycles. The molecule has 1 heterocycles. The van der Waals surface area contributed by atoms with Gasteiger partial charge in [-0.25, -0.2) is 17.9 Å². The van der Waals surface area contributed by atoms with Crippen LogP contribution in [-0.4, -0.2) is 33.7 Å². The summed E-state index contributed by atoms with van der Waals surface area (Å²) in [6.07, 6.45) is -1.00. The molecule has 1 N–H and O–H groups in total. The molecule has 0 spiro atoms. The molecule has 2 aromatic rings. The van der Waals surface area contributed by atoms with Crippen molar-refractivity contribution in [1.82, 2.24) is 4.72 Å². The number of rotatable bonds is 6. The minimum Gasteiger partial charge on any atom is -0.443 e. The summed E-state index contributed by atoms with van der Waals surface area (Å²) in [6, 6.07) is 15.8. The van der Waals surface area contributed by atoms with Gasteiger partial charge in [0.1, 0.15) is 6.10 Å². The molecule has 1 unspecified atom stereocenters. The Morgan fingerprint density at radius 1 is 1.12 bits per heavy atom. The number of carbonyl (C=O) groups excluding carboxylic acids is 1. The molecular weight excluding hydrogens is 352 g/mol. The number of amides is 1. The Hall–Kier alpha value is -2.38. The Balaban J connectivity index is 1.63. The van der Waals surface area contributed by atoms with Gasteiger partial charge in [-0.05, 0) is 35.7 Å². The highest BCUT2D eigenvalue weighted by Crippen LogP contribution is 2.24. The van der Waals surface area contributed by atoms with E-state index in [1.165, 1.54) is 22.6 Å². The third-order valence-corrected chi connectivity index (χ3v) is 5.74. The van der Waals surface area contributed by atoms with Crippen molar-refractivity contribution in [1.29, 1.82) is 0 Å². The van der Waals surface area contributed by atoms with Gasteiger partial charge in [0, 0.05) is 12.2 Å². The molecule has 6 nitrogen and oxygen atoms in total. The average molecular weight is 374 g/mol. The maximum absolute atomic E-state index is 12.3. The van der Waals surface area contributed by atoms with Crippen LogP contribution in [0.25, 0.3) is 0 Å². The van der Waals surface area contributed by atoms with Crippen molar-refractivity contribution in [2.75, 3.05) is 18.0 Å². The van der Waals surface area contributed by atoms with Gasteiger partial charge in [0.05, 0.1) is 11.4 Å². The summed E-state index contributed by atoms with van der Waals surface area (Å²) in [5.74, 6) is 0.412. The van der Waals surface area contributed by atoms with E-state index in [2.05, 4.69) is 18.6 Å². The van der Waals surface area contributed by atoms with Crippen LogP contribution in [-0.2, 0) is 14.8 Å². The quantitative estimate of drug-likeness (QED) is 0.843. The first-order valence-corrected chi connectivity index (χ1v) is 9.98. The van der Waals surface area contributed by atoms with Gasteiger partial charge >= 0.3 is 6.09 Å². The van der Waals surface area contributed by atoms with Gasteiger partial charge in [-0.3, -0.25) is 4.90 Å². The van der Waals surface area contributed by atoms with E-state index in [9.17, 15) is 13.2 Å². The van der Waals surface area contributed by atoms with E-state index in [1.807, 2.05) is 24.3 Å². The Kier molecular flexibility index (Phi) is 5.29. The number of benzene rings is 2. The number of sulfonamides is 1. The molecule has 3 rings (SSSR count). The number of ether oxygens (including phenoxy) is 1. The molecule has 138 valence electrons. The number of anilines is 1. The van der Waals surface area contributed by atoms with Gasteiger partial charge in [-0.15, -0.1) is 0 Å². The molecule has 7 heteroatoms. The van der Waals surface area contributed by atoms with Crippen molar-refractivity contribution in [2.24, 2.45) is 0 Å². The lowest BCUT2D eigenvalue weighted by Crippen LogP contribution is -2.34. The van der Waals surface area contributed by atoms with Crippen molar-refractivity contribution in [2.45, 2.75) is 30.8 Å². The molecule has 1 fully saturated rings. The molecule has 1 aliphatic rings. The third-order valence-electron chi connectivity index (χ3n) is 4.30.